The zero-order valence-electron chi connectivity index (χ0n) is 12.9. The van der Waals surface area contributed by atoms with Gasteiger partial charge in [-0.3, -0.25) is 4.90 Å². The van der Waals surface area contributed by atoms with E-state index in [1.807, 2.05) is 0 Å². The highest BCUT2D eigenvalue weighted by molar-refractivity contribution is 5.35. The monoisotopic (exact) mass is 316 g/mol. The van der Waals surface area contributed by atoms with Gasteiger partial charge >= 0.3 is 0 Å². The lowest BCUT2D eigenvalue weighted by molar-refractivity contribution is -0.981. The summed E-state index contributed by atoms with van der Waals surface area (Å²) in [6.07, 6.45) is 3.25. The molecule has 2 saturated heterocycles. The molecule has 2 unspecified atom stereocenters. The van der Waals surface area contributed by atoms with Gasteiger partial charge in [0.05, 0.1) is 17.7 Å². The van der Waals surface area contributed by atoms with Gasteiger partial charge in [0.25, 0.3) is 5.72 Å². The van der Waals surface area contributed by atoms with Crippen LogP contribution < -0.4 is 4.90 Å². The van der Waals surface area contributed by atoms with Gasteiger partial charge in [-0.1, -0.05) is 24.3 Å². The van der Waals surface area contributed by atoms with Crippen molar-refractivity contribution in [1.29, 1.82) is 0 Å². The van der Waals surface area contributed by atoms with Crippen LogP contribution in [0.2, 0.25) is 0 Å². The van der Waals surface area contributed by atoms with Crippen LogP contribution in [0.15, 0.2) is 48.5 Å². The summed E-state index contributed by atoms with van der Waals surface area (Å²) in [6, 6.07) is 13.5. The minimum Gasteiger partial charge on any atom is -0.313 e. The summed E-state index contributed by atoms with van der Waals surface area (Å²) in [5, 5.41) is 0. The summed E-state index contributed by atoms with van der Waals surface area (Å²) in [7, 11) is 0. The van der Waals surface area contributed by atoms with Crippen molar-refractivity contribution < 1.29 is 18.4 Å². The maximum Gasteiger partial charge on any atom is 0.261 e. The molecule has 1 N–H and O–H groups in total. The van der Waals surface area contributed by atoms with Gasteiger partial charge in [-0.05, 0) is 37.1 Å². The van der Waals surface area contributed by atoms with Gasteiger partial charge in [0.15, 0.2) is 0 Å². The zero-order chi connectivity index (χ0) is 15.9. The summed E-state index contributed by atoms with van der Waals surface area (Å²) < 4.78 is 35.5. The number of fused-ring (bicyclic) bond motifs is 1. The molecule has 4 heteroatoms. The van der Waals surface area contributed by atoms with Crippen LogP contribution >= 0.6 is 0 Å². The standard InChI is InChI=1S/C19H19F2NO/c20-17-10-3-1-8-15(17)19(16-9-2-4-11-18(16)21)22-12-6-5-7-14(22)13-23-19/h1-4,8-11,14H,5-7,12-13H2/p+1. The van der Waals surface area contributed by atoms with Gasteiger partial charge < -0.3 is 4.74 Å². The molecule has 4 rings (SSSR count). The van der Waals surface area contributed by atoms with E-state index in [1.54, 1.807) is 36.4 Å². The lowest BCUT2D eigenvalue weighted by Crippen LogP contribution is -3.21. The summed E-state index contributed by atoms with van der Waals surface area (Å²) >= 11 is 0. The van der Waals surface area contributed by atoms with Gasteiger partial charge in [-0.15, -0.1) is 0 Å². The molecular formula is C19H20F2NO+. The Balaban J connectivity index is 1.95. The second kappa shape index (κ2) is 5.69. The Labute approximate surface area is 134 Å². The number of benzene rings is 2. The minimum atomic E-state index is -1.08. The molecule has 2 heterocycles. The first-order valence-corrected chi connectivity index (χ1v) is 8.23. The van der Waals surface area contributed by atoms with E-state index < -0.39 is 5.72 Å². The molecule has 0 aromatic heterocycles. The second-order valence-corrected chi connectivity index (χ2v) is 6.42. The molecule has 2 fully saturated rings. The largest absolute Gasteiger partial charge is 0.313 e. The number of quaternary nitrogens is 1. The quantitative estimate of drug-likeness (QED) is 0.899. The highest BCUT2D eigenvalue weighted by atomic mass is 19.1. The van der Waals surface area contributed by atoms with Gasteiger partial charge in [-0.25, -0.2) is 8.78 Å². The average Bonchev–Trinajstić information content (AvgIpc) is 2.96. The Morgan fingerprint density at radius 2 is 1.52 bits per heavy atom. The van der Waals surface area contributed by atoms with E-state index in [2.05, 4.69) is 0 Å². The number of hydrogen-bond donors (Lipinski definition) is 1. The van der Waals surface area contributed by atoms with E-state index in [4.69, 9.17) is 4.74 Å². The Morgan fingerprint density at radius 3 is 2.13 bits per heavy atom. The SMILES string of the molecule is Fc1ccccc1C1(c2ccccc2F)OCC2CCCC[NH+]21. The Hall–Kier alpha value is -1.78. The highest BCUT2D eigenvalue weighted by Gasteiger charge is 2.57. The van der Waals surface area contributed by atoms with E-state index in [0.717, 1.165) is 30.7 Å². The van der Waals surface area contributed by atoms with Crippen LogP contribution in [0.25, 0.3) is 0 Å². The minimum absolute atomic E-state index is 0.294. The third-order valence-corrected chi connectivity index (χ3v) is 5.20. The van der Waals surface area contributed by atoms with E-state index in [9.17, 15) is 8.78 Å². The fourth-order valence-corrected chi connectivity index (χ4v) is 4.19. The number of nitrogens with one attached hydrogen (secondary N) is 1. The van der Waals surface area contributed by atoms with Crippen molar-refractivity contribution in [3.63, 3.8) is 0 Å². The topological polar surface area (TPSA) is 13.7 Å². The van der Waals surface area contributed by atoms with E-state index >= 15 is 0 Å². The van der Waals surface area contributed by atoms with Crippen LogP contribution in [0.5, 0.6) is 0 Å². The Kier molecular flexibility index (Phi) is 3.66. The molecule has 2 atom stereocenters. The lowest BCUT2D eigenvalue weighted by Gasteiger charge is -2.38. The molecule has 2 nitrogen and oxygen atoms in total. The predicted octanol–water partition coefficient (Wildman–Crippen LogP) is 2.63. The summed E-state index contributed by atoms with van der Waals surface area (Å²) in [5.41, 5.74) is -0.212. The number of rotatable bonds is 2. The third-order valence-electron chi connectivity index (χ3n) is 5.20. The van der Waals surface area contributed by atoms with Gasteiger partial charge in [0.1, 0.15) is 24.3 Å². The van der Waals surface area contributed by atoms with E-state index in [1.165, 1.54) is 12.1 Å². The number of halogens is 2. The molecule has 0 spiro atoms. The van der Waals surface area contributed by atoms with Crippen LogP contribution in [-0.2, 0) is 10.5 Å². The Morgan fingerprint density at radius 1 is 0.913 bits per heavy atom. The first-order valence-electron chi connectivity index (χ1n) is 8.23. The van der Waals surface area contributed by atoms with Crippen molar-refractivity contribution in [2.24, 2.45) is 0 Å². The fourth-order valence-electron chi connectivity index (χ4n) is 4.19. The fraction of sp³-hybridized carbons (Fsp3) is 0.368. The first-order chi connectivity index (χ1) is 11.2. The molecule has 2 aromatic carbocycles. The normalized spacial score (nSPS) is 26.0. The second-order valence-electron chi connectivity index (χ2n) is 6.42. The molecule has 120 valence electrons. The smallest absolute Gasteiger partial charge is 0.261 e. The number of ether oxygens (including phenoxy) is 1. The number of piperidine rings is 1. The van der Waals surface area contributed by atoms with Crippen molar-refractivity contribution in [1.82, 2.24) is 0 Å². The van der Waals surface area contributed by atoms with Crippen LogP contribution in [0.3, 0.4) is 0 Å². The molecular weight excluding hydrogens is 296 g/mol. The summed E-state index contributed by atoms with van der Waals surface area (Å²) in [4.78, 5) is 1.14. The lowest BCUT2D eigenvalue weighted by atomic mass is 9.89. The van der Waals surface area contributed by atoms with Gasteiger partial charge in [-0.2, -0.15) is 0 Å². The van der Waals surface area contributed by atoms with Crippen molar-refractivity contribution >= 4 is 0 Å². The molecule has 2 aromatic rings. The molecule has 0 radical (unpaired) electrons. The molecule has 2 aliphatic rings. The van der Waals surface area contributed by atoms with Gasteiger partial charge in [0, 0.05) is 6.42 Å². The third kappa shape index (κ3) is 2.20. The van der Waals surface area contributed by atoms with E-state index in [-0.39, 0.29) is 11.6 Å². The summed E-state index contributed by atoms with van der Waals surface area (Å²) in [5.74, 6) is -0.677. The van der Waals surface area contributed by atoms with Crippen molar-refractivity contribution in [3.8, 4) is 0 Å². The molecule has 0 saturated carbocycles. The van der Waals surface area contributed by atoms with Crippen LogP contribution in [-0.4, -0.2) is 19.2 Å². The highest BCUT2D eigenvalue weighted by Crippen LogP contribution is 2.36. The van der Waals surface area contributed by atoms with Crippen molar-refractivity contribution in [2.45, 2.75) is 31.0 Å². The van der Waals surface area contributed by atoms with Crippen LogP contribution in [0.4, 0.5) is 8.78 Å². The van der Waals surface area contributed by atoms with Crippen molar-refractivity contribution in [3.05, 3.63) is 71.3 Å². The molecule has 0 aliphatic carbocycles. The van der Waals surface area contributed by atoms with Crippen molar-refractivity contribution in [2.75, 3.05) is 13.2 Å². The maximum absolute atomic E-state index is 14.6. The Bertz CT molecular complexity index is 673. The van der Waals surface area contributed by atoms with Crippen LogP contribution in [0, 0.1) is 11.6 Å². The number of hydrogen-bond acceptors (Lipinski definition) is 1. The molecule has 23 heavy (non-hydrogen) atoms. The van der Waals surface area contributed by atoms with E-state index in [0.29, 0.717) is 23.8 Å². The maximum atomic E-state index is 14.6. The van der Waals surface area contributed by atoms with Crippen LogP contribution in [0.1, 0.15) is 30.4 Å². The molecule has 0 amide bonds. The predicted molar refractivity (Wildman–Crippen MR) is 83.0 cm³/mol. The zero-order valence-corrected chi connectivity index (χ0v) is 12.9. The van der Waals surface area contributed by atoms with Gasteiger partial charge in [0.2, 0.25) is 0 Å². The summed E-state index contributed by atoms with van der Waals surface area (Å²) in [6.45, 7) is 1.41. The molecule has 0 bridgehead atoms. The molecule has 2 aliphatic heterocycles. The average molecular weight is 316 g/mol. The first kappa shape index (κ1) is 14.8.